The second-order valence-electron chi connectivity index (χ2n) is 5.77. The lowest BCUT2D eigenvalue weighted by molar-refractivity contribution is -0.124. The number of ether oxygens (including phenoxy) is 1. The van der Waals surface area contributed by atoms with E-state index in [0.717, 1.165) is 11.1 Å². The van der Waals surface area contributed by atoms with Crippen molar-refractivity contribution >= 4 is 35.2 Å². The Morgan fingerprint density at radius 2 is 1.67 bits per heavy atom. The number of methoxy groups -OCH3 is 1. The van der Waals surface area contributed by atoms with Crippen molar-refractivity contribution in [2.24, 2.45) is 0 Å². The van der Waals surface area contributed by atoms with Gasteiger partial charge in [-0.25, -0.2) is 0 Å². The zero-order chi connectivity index (χ0) is 19.5. The number of carbonyl (C=O) groups excluding carboxylic acids is 2. The average molecular weight is 407 g/mol. The summed E-state index contributed by atoms with van der Waals surface area (Å²) >= 11 is 7.50. The van der Waals surface area contributed by atoms with E-state index in [-0.39, 0.29) is 29.4 Å². The molecule has 0 spiro atoms. The summed E-state index contributed by atoms with van der Waals surface area (Å²) in [6.07, 6.45) is 0. The molecule has 2 amide bonds. The van der Waals surface area contributed by atoms with E-state index >= 15 is 0 Å². The molecule has 0 aromatic heterocycles. The smallest absolute Gasteiger partial charge is 0.239 e. The van der Waals surface area contributed by atoms with Crippen molar-refractivity contribution in [1.82, 2.24) is 10.6 Å². The van der Waals surface area contributed by atoms with Crippen molar-refractivity contribution in [3.05, 3.63) is 70.7 Å². The number of thioether (sulfide) groups is 1. The topological polar surface area (TPSA) is 67.4 Å². The van der Waals surface area contributed by atoms with Crippen molar-refractivity contribution in [2.45, 2.75) is 5.25 Å². The highest BCUT2D eigenvalue weighted by Gasteiger charge is 2.16. The zero-order valence-corrected chi connectivity index (χ0v) is 16.7. The summed E-state index contributed by atoms with van der Waals surface area (Å²) < 4.78 is 4.86. The van der Waals surface area contributed by atoms with Gasteiger partial charge in [0.15, 0.2) is 0 Å². The molecule has 0 saturated carbocycles. The van der Waals surface area contributed by atoms with Gasteiger partial charge in [-0.2, -0.15) is 0 Å². The molecule has 144 valence electrons. The third-order valence-electron chi connectivity index (χ3n) is 3.73. The molecule has 0 aliphatic rings. The second-order valence-corrected chi connectivity index (χ2v) is 7.30. The molecule has 0 bridgehead atoms. The first-order chi connectivity index (χ1) is 13.1. The maximum atomic E-state index is 12.1. The minimum atomic E-state index is -0.234. The summed E-state index contributed by atoms with van der Waals surface area (Å²) in [5, 5.41) is 5.98. The molecular weight excluding hydrogens is 384 g/mol. The number of hydrogen-bond acceptors (Lipinski definition) is 4. The van der Waals surface area contributed by atoms with Gasteiger partial charge in [0.1, 0.15) is 0 Å². The molecule has 0 saturated heterocycles. The summed E-state index contributed by atoms with van der Waals surface area (Å²) in [6, 6.07) is 17.6. The number of halogens is 1. The summed E-state index contributed by atoms with van der Waals surface area (Å²) in [7, 11) is 1.56. The van der Waals surface area contributed by atoms with Gasteiger partial charge in [-0.1, -0.05) is 54.1 Å². The highest BCUT2D eigenvalue weighted by molar-refractivity contribution is 8.00. The lowest BCUT2D eigenvalue weighted by Gasteiger charge is -2.17. The molecule has 0 heterocycles. The van der Waals surface area contributed by atoms with Gasteiger partial charge in [0.2, 0.25) is 11.8 Å². The van der Waals surface area contributed by atoms with Crippen LogP contribution in [0.4, 0.5) is 0 Å². The van der Waals surface area contributed by atoms with Gasteiger partial charge >= 0.3 is 0 Å². The Kier molecular flexibility index (Phi) is 9.18. The third kappa shape index (κ3) is 7.62. The minimum Gasteiger partial charge on any atom is -0.383 e. The summed E-state index contributed by atoms with van der Waals surface area (Å²) in [6.45, 7) is 0.821. The zero-order valence-electron chi connectivity index (χ0n) is 15.1. The summed E-state index contributed by atoms with van der Waals surface area (Å²) in [4.78, 5) is 23.8. The van der Waals surface area contributed by atoms with Crippen molar-refractivity contribution in [2.75, 3.05) is 32.6 Å². The fourth-order valence-electron chi connectivity index (χ4n) is 2.39. The monoisotopic (exact) mass is 406 g/mol. The van der Waals surface area contributed by atoms with E-state index in [9.17, 15) is 9.59 Å². The van der Waals surface area contributed by atoms with E-state index < -0.39 is 0 Å². The van der Waals surface area contributed by atoms with Crippen LogP contribution >= 0.6 is 23.4 Å². The van der Waals surface area contributed by atoms with Crippen LogP contribution in [0.1, 0.15) is 16.4 Å². The van der Waals surface area contributed by atoms with Gasteiger partial charge in [0, 0.05) is 18.7 Å². The lowest BCUT2D eigenvalue weighted by Crippen LogP contribution is -2.38. The molecule has 0 radical (unpaired) electrons. The van der Waals surface area contributed by atoms with Crippen molar-refractivity contribution in [3.8, 4) is 0 Å². The van der Waals surface area contributed by atoms with Gasteiger partial charge in [-0.15, -0.1) is 11.8 Å². The molecule has 0 fully saturated rings. The normalized spacial score (nSPS) is 11.6. The van der Waals surface area contributed by atoms with Gasteiger partial charge < -0.3 is 15.4 Å². The molecule has 1 atom stereocenters. The number of amides is 2. The van der Waals surface area contributed by atoms with Crippen LogP contribution in [-0.2, 0) is 14.3 Å². The van der Waals surface area contributed by atoms with E-state index in [0.29, 0.717) is 18.2 Å². The predicted octanol–water partition coefficient (Wildman–Crippen LogP) is 3.04. The third-order valence-corrected chi connectivity index (χ3v) is 5.29. The lowest BCUT2D eigenvalue weighted by atomic mass is 10.0. The van der Waals surface area contributed by atoms with Crippen LogP contribution in [0.5, 0.6) is 0 Å². The molecular formula is C20H23ClN2O3S. The average Bonchev–Trinajstić information content (AvgIpc) is 2.69. The van der Waals surface area contributed by atoms with Crippen LogP contribution in [0.25, 0.3) is 0 Å². The molecule has 5 nitrogen and oxygen atoms in total. The van der Waals surface area contributed by atoms with E-state index in [4.69, 9.17) is 16.3 Å². The first-order valence-corrected chi connectivity index (χ1v) is 9.97. The van der Waals surface area contributed by atoms with E-state index in [1.165, 1.54) is 11.8 Å². The quantitative estimate of drug-likeness (QED) is 0.595. The highest BCUT2D eigenvalue weighted by Crippen LogP contribution is 2.35. The molecule has 1 unspecified atom stereocenters. The Morgan fingerprint density at radius 3 is 2.33 bits per heavy atom. The SMILES string of the molecule is COCCNC(=O)CNC(=O)CSC(c1ccccc1)c1ccc(Cl)cc1. The number of benzene rings is 2. The molecule has 7 heteroatoms. The molecule has 2 aromatic carbocycles. The fourth-order valence-corrected chi connectivity index (χ4v) is 3.64. The van der Waals surface area contributed by atoms with Crippen LogP contribution in [0, 0.1) is 0 Å². The highest BCUT2D eigenvalue weighted by atomic mass is 35.5. The molecule has 2 N–H and O–H groups in total. The van der Waals surface area contributed by atoms with E-state index in [1.807, 2.05) is 54.6 Å². The van der Waals surface area contributed by atoms with Crippen molar-refractivity contribution in [1.29, 1.82) is 0 Å². The number of nitrogens with one attached hydrogen (secondary N) is 2. The Bertz CT molecular complexity index is 726. The maximum Gasteiger partial charge on any atom is 0.239 e. The number of hydrogen-bond donors (Lipinski definition) is 2. The Labute approximate surface area is 168 Å². The first-order valence-electron chi connectivity index (χ1n) is 8.54. The summed E-state index contributed by atoms with van der Waals surface area (Å²) in [5.41, 5.74) is 2.18. The van der Waals surface area contributed by atoms with Crippen molar-refractivity contribution < 1.29 is 14.3 Å². The summed E-state index contributed by atoms with van der Waals surface area (Å²) in [5.74, 6) is -0.174. The van der Waals surface area contributed by atoms with Crippen LogP contribution in [0.3, 0.4) is 0 Å². The molecule has 0 aliphatic heterocycles. The number of carbonyl (C=O) groups is 2. The van der Waals surface area contributed by atoms with Crippen LogP contribution in [0.2, 0.25) is 5.02 Å². The molecule has 27 heavy (non-hydrogen) atoms. The fraction of sp³-hybridized carbons (Fsp3) is 0.300. The Balaban J connectivity index is 1.91. The van der Waals surface area contributed by atoms with E-state index in [2.05, 4.69) is 10.6 Å². The molecule has 0 aliphatic carbocycles. The predicted molar refractivity (Wildman–Crippen MR) is 110 cm³/mol. The van der Waals surface area contributed by atoms with E-state index in [1.54, 1.807) is 7.11 Å². The standard InChI is InChI=1S/C20H23ClN2O3S/c1-26-12-11-22-18(24)13-23-19(25)14-27-20(15-5-3-2-4-6-15)16-7-9-17(21)10-8-16/h2-10,20H,11-14H2,1H3,(H,22,24)(H,23,25). The maximum absolute atomic E-state index is 12.1. The van der Waals surface area contributed by atoms with Gasteiger partial charge in [-0.05, 0) is 23.3 Å². The first kappa shape index (κ1) is 21.3. The van der Waals surface area contributed by atoms with Crippen LogP contribution < -0.4 is 10.6 Å². The minimum absolute atomic E-state index is 0.00439. The molecule has 2 rings (SSSR count). The van der Waals surface area contributed by atoms with Crippen LogP contribution in [-0.4, -0.2) is 44.4 Å². The Morgan fingerprint density at radius 1 is 1.00 bits per heavy atom. The Hall–Kier alpha value is -2.02. The second kappa shape index (κ2) is 11.6. The van der Waals surface area contributed by atoms with Gasteiger partial charge in [-0.3, -0.25) is 9.59 Å². The van der Waals surface area contributed by atoms with Gasteiger partial charge in [0.25, 0.3) is 0 Å². The van der Waals surface area contributed by atoms with Crippen LogP contribution in [0.15, 0.2) is 54.6 Å². The van der Waals surface area contributed by atoms with Gasteiger partial charge in [0.05, 0.1) is 24.2 Å². The van der Waals surface area contributed by atoms with Crippen molar-refractivity contribution in [3.63, 3.8) is 0 Å². The number of rotatable bonds is 10. The largest absolute Gasteiger partial charge is 0.383 e. The molecule has 2 aromatic rings.